The summed E-state index contributed by atoms with van der Waals surface area (Å²) >= 11 is 0. The Morgan fingerprint density at radius 2 is 1.94 bits per heavy atom. The number of carboxylic acid groups (broad SMARTS) is 1. The molecule has 3 unspecified atom stereocenters. The third-order valence-electron chi connectivity index (χ3n) is 4.02. The number of nitrogens with zero attached hydrogens (tertiary/aromatic N) is 1. The molecule has 1 aliphatic carbocycles. The van der Waals surface area contributed by atoms with E-state index in [9.17, 15) is 9.59 Å². The topological polar surface area (TPSA) is 69.6 Å². The van der Waals surface area contributed by atoms with Crippen molar-refractivity contribution in [2.24, 2.45) is 11.8 Å². The van der Waals surface area contributed by atoms with Crippen molar-refractivity contribution in [2.45, 2.75) is 38.6 Å². The van der Waals surface area contributed by atoms with E-state index in [-0.39, 0.29) is 6.03 Å². The van der Waals surface area contributed by atoms with Gasteiger partial charge >= 0.3 is 12.0 Å². The lowest BCUT2D eigenvalue weighted by molar-refractivity contribution is -0.139. The van der Waals surface area contributed by atoms with E-state index >= 15 is 0 Å². The molecule has 1 saturated carbocycles. The number of aliphatic carboxylic acids is 1. The fourth-order valence-corrected chi connectivity index (χ4v) is 2.98. The number of urea groups is 1. The average molecular weight is 240 g/mol. The van der Waals surface area contributed by atoms with Crippen LogP contribution >= 0.6 is 0 Å². The molecule has 2 amide bonds. The Kier molecular flexibility index (Phi) is 3.54. The van der Waals surface area contributed by atoms with Gasteiger partial charge in [-0.25, -0.2) is 9.59 Å². The molecule has 0 aromatic heterocycles. The second-order valence-corrected chi connectivity index (χ2v) is 5.10. The van der Waals surface area contributed by atoms with Gasteiger partial charge in [0.15, 0.2) is 0 Å². The highest BCUT2D eigenvalue weighted by molar-refractivity contribution is 5.82. The number of nitrogens with one attached hydrogen (secondary N) is 1. The monoisotopic (exact) mass is 240 g/mol. The Morgan fingerprint density at radius 1 is 1.35 bits per heavy atom. The van der Waals surface area contributed by atoms with Gasteiger partial charge < -0.3 is 15.3 Å². The molecule has 2 rings (SSSR count). The van der Waals surface area contributed by atoms with E-state index in [1.807, 2.05) is 0 Å². The maximum Gasteiger partial charge on any atom is 0.326 e. The molecule has 0 aromatic rings. The summed E-state index contributed by atoms with van der Waals surface area (Å²) in [6.07, 6.45) is 4.12. The van der Waals surface area contributed by atoms with Crippen LogP contribution in [0.1, 0.15) is 32.6 Å². The molecule has 5 nitrogen and oxygen atoms in total. The molecule has 1 saturated heterocycles. The predicted molar refractivity (Wildman–Crippen MR) is 62.7 cm³/mol. The zero-order valence-corrected chi connectivity index (χ0v) is 10.2. The van der Waals surface area contributed by atoms with Gasteiger partial charge in [-0.1, -0.05) is 13.3 Å². The predicted octanol–water partition coefficient (Wildman–Crippen LogP) is 1.29. The summed E-state index contributed by atoms with van der Waals surface area (Å²) in [5, 5.41) is 11.5. The Labute approximate surface area is 101 Å². The lowest BCUT2D eigenvalue weighted by Crippen LogP contribution is -2.47. The molecule has 1 heterocycles. The van der Waals surface area contributed by atoms with Crippen LogP contribution in [0.3, 0.4) is 0 Å². The molecule has 2 aliphatic rings. The van der Waals surface area contributed by atoms with E-state index < -0.39 is 12.0 Å². The van der Waals surface area contributed by atoms with E-state index in [1.165, 1.54) is 19.3 Å². The molecule has 0 aromatic carbocycles. The van der Waals surface area contributed by atoms with E-state index in [0.29, 0.717) is 18.3 Å². The zero-order valence-electron chi connectivity index (χ0n) is 10.2. The second kappa shape index (κ2) is 4.94. The molecule has 0 bridgehead atoms. The van der Waals surface area contributed by atoms with E-state index in [4.69, 9.17) is 5.11 Å². The van der Waals surface area contributed by atoms with Gasteiger partial charge in [-0.3, -0.25) is 0 Å². The van der Waals surface area contributed by atoms with Crippen LogP contribution in [-0.4, -0.2) is 41.1 Å². The van der Waals surface area contributed by atoms with Crippen LogP contribution in [0, 0.1) is 11.8 Å². The second-order valence-electron chi connectivity index (χ2n) is 5.10. The molecule has 96 valence electrons. The number of hydrogen-bond donors (Lipinski definition) is 2. The number of hydrogen-bond acceptors (Lipinski definition) is 2. The van der Waals surface area contributed by atoms with Gasteiger partial charge in [0.05, 0.1) is 0 Å². The molecule has 1 aliphatic heterocycles. The summed E-state index contributed by atoms with van der Waals surface area (Å²) in [6.45, 7) is 3.36. The molecular weight excluding hydrogens is 220 g/mol. The van der Waals surface area contributed by atoms with Gasteiger partial charge in [0.1, 0.15) is 6.04 Å². The van der Waals surface area contributed by atoms with Crippen molar-refractivity contribution in [1.29, 1.82) is 0 Å². The maximum atomic E-state index is 11.9. The first-order valence-electron chi connectivity index (χ1n) is 6.40. The maximum absolute atomic E-state index is 11.9. The normalized spacial score (nSPS) is 28.9. The fraction of sp³-hybridized carbons (Fsp3) is 0.833. The molecule has 0 radical (unpaired) electrons. The molecule has 0 spiro atoms. The summed E-state index contributed by atoms with van der Waals surface area (Å²) in [4.78, 5) is 24.5. The summed E-state index contributed by atoms with van der Waals surface area (Å²) in [5.74, 6) is 0.330. The Bertz CT molecular complexity index is 307. The first kappa shape index (κ1) is 12.2. The Hall–Kier alpha value is -1.26. The quantitative estimate of drug-likeness (QED) is 0.781. The van der Waals surface area contributed by atoms with Gasteiger partial charge in [-0.15, -0.1) is 0 Å². The van der Waals surface area contributed by atoms with Crippen molar-refractivity contribution < 1.29 is 14.7 Å². The average Bonchev–Trinajstić information content (AvgIpc) is 2.84. The van der Waals surface area contributed by atoms with Crippen molar-refractivity contribution in [2.75, 3.05) is 13.1 Å². The smallest absolute Gasteiger partial charge is 0.326 e. The van der Waals surface area contributed by atoms with Crippen LogP contribution in [0.5, 0.6) is 0 Å². The number of carbonyl (C=O) groups is 2. The van der Waals surface area contributed by atoms with Gasteiger partial charge in [0.2, 0.25) is 0 Å². The summed E-state index contributed by atoms with van der Waals surface area (Å²) in [5.41, 5.74) is 0. The van der Waals surface area contributed by atoms with Crippen molar-refractivity contribution in [3.63, 3.8) is 0 Å². The van der Waals surface area contributed by atoms with E-state index in [1.54, 1.807) is 11.8 Å². The van der Waals surface area contributed by atoms with Crippen LogP contribution in [0.2, 0.25) is 0 Å². The van der Waals surface area contributed by atoms with Gasteiger partial charge in [-0.2, -0.15) is 0 Å². The number of likely N-dealkylation sites (tertiary alicyclic amines) is 1. The Balaban J connectivity index is 1.86. The van der Waals surface area contributed by atoms with Crippen LogP contribution < -0.4 is 5.32 Å². The minimum atomic E-state index is -0.958. The largest absolute Gasteiger partial charge is 0.480 e. The number of rotatable bonds is 3. The zero-order chi connectivity index (χ0) is 12.4. The standard InChI is InChI=1S/C12H20N2O3/c1-2-10(11(15)16)13-12(17)14-6-8-4-3-5-9(8)7-14/h8-10H,2-7H2,1H3,(H,13,17)(H,15,16). The number of carbonyl (C=O) groups excluding carboxylic acids is 1. The minimum absolute atomic E-state index is 0.214. The van der Waals surface area contributed by atoms with Crippen LogP contribution in [-0.2, 0) is 4.79 Å². The summed E-state index contributed by atoms with van der Waals surface area (Å²) in [7, 11) is 0. The number of fused-ring (bicyclic) bond motifs is 1. The third kappa shape index (κ3) is 2.53. The molecule has 3 atom stereocenters. The fourth-order valence-electron chi connectivity index (χ4n) is 2.98. The molecule has 17 heavy (non-hydrogen) atoms. The van der Waals surface area contributed by atoms with Crippen molar-refractivity contribution in [1.82, 2.24) is 10.2 Å². The number of amides is 2. The van der Waals surface area contributed by atoms with Crippen molar-refractivity contribution >= 4 is 12.0 Å². The van der Waals surface area contributed by atoms with E-state index in [0.717, 1.165) is 13.1 Å². The lowest BCUT2D eigenvalue weighted by atomic mass is 10.0. The Morgan fingerprint density at radius 3 is 2.41 bits per heavy atom. The first-order chi connectivity index (χ1) is 8.11. The third-order valence-corrected chi connectivity index (χ3v) is 4.02. The molecule has 2 fully saturated rings. The summed E-state index contributed by atoms with van der Waals surface area (Å²) in [6, 6.07) is -0.975. The first-order valence-corrected chi connectivity index (χ1v) is 6.40. The van der Waals surface area contributed by atoms with Crippen LogP contribution in [0.25, 0.3) is 0 Å². The SMILES string of the molecule is CCC(NC(=O)N1CC2CCCC2C1)C(=O)O. The lowest BCUT2D eigenvalue weighted by Gasteiger charge is -2.20. The van der Waals surface area contributed by atoms with Crippen LogP contribution in [0.4, 0.5) is 4.79 Å². The number of carboxylic acids is 1. The molecular formula is C12H20N2O3. The minimum Gasteiger partial charge on any atom is -0.480 e. The van der Waals surface area contributed by atoms with E-state index in [2.05, 4.69) is 5.32 Å². The highest BCUT2D eigenvalue weighted by Crippen LogP contribution is 2.37. The van der Waals surface area contributed by atoms with Crippen LogP contribution in [0.15, 0.2) is 0 Å². The van der Waals surface area contributed by atoms with Gasteiger partial charge in [0, 0.05) is 13.1 Å². The highest BCUT2D eigenvalue weighted by Gasteiger charge is 2.38. The van der Waals surface area contributed by atoms with Gasteiger partial charge in [0.25, 0.3) is 0 Å². The van der Waals surface area contributed by atoms with Gasteiger partial charge in [-0.05, 0) is 31.1 Å². The summed E-state index contributed by atoms with van der Waals surface area (Å²) < 4.78 is 0. The highest BCUT2D eigenvalue weighted by atomic mass is 16.4. The van der Waals surface area contributed by atoms with Crippen molar-refractivity contribution in [3.05, 3.63) is 0 Å². The molecule has 5 heteroatoms. The van der Waals surface area contributed by atoms with Crippen molar-refractivity contribution in [3.8, 4) is 0 Å². The molecule has 2 N–H and O–H groups in total.